The lowest BCUT2D eigenvalue weighted by Gasteiger charge is -2.24. The number of amides is 1. The summed E-state index contributed by atoms with van der Waals surface area (Å²) in [7, 11) is 0. The van der Waals surface area contributed by atoms with Crippen LogP contribution in [0.5, 0.6) is 0 Å². The molecule has 1 aliphatic rings. The van der Waals surface area contributed by atoms with Gasteiger partial charge in [-0.05, 0) is 31.0 Å². The molecule has 1 aromatic carbocycles. The third kappa shape index (κ3) is 4.68. The van der Waals surface area contributed by atoms with Crippen LogP contribution in [0.15, 0.2) is 24.3 Å². The van der Waals surface area contributed by atoms with E-state index in [1.165, 1.54) is 6.07 Å². The SMILES string of the molecule is CCNC(=O)CCN1C[C@@H](O)C[C@@H]1c1cccc(C(F)(F)F)c1. The first kappa shape index (κ1) is 17.7. The average Bonchev–Trinajstić information content (AvgIpc) is 2.86. The van der Waals surface area contributed by atoms with E-state index in [-0.39, 0.29) is 18.4 Å². The van der Waals surface area contributed by atoms with E-state index in [1.54, 1.807) is 6.07 Å². The van der Waals surface area contributed by atoms with Gasteiger partial charge in [-0.15, -0.1) is 0 Å². The van der Waals surface area contributed by atoms with Crippen LogP contribution in [-0.2, 0) is 11.0 Å². The molecule has 2 N–H and O–H groups in total. The smallest absolute Gasteiger partial charge is 0.392 e. The summed E-state index contributed by atoms with van der Waals surface area (Å²) in [5.41, 5.74) is -0.174. The van der Waals surface area contributed by atoms with Crippen molar-refractivity contribution in [3.63, 3.8) is 0 Å². The minimum atomic E-state index is -4.39. The molecule has 0 bridgehead atoms. The third-order valence-electron chi connectivity index (χ3n) is 3.98. The second-order valence-corrected chi connectivity index (χ2v) is 5.73. The van der Waals surface area contributed by atoms with Gasteiger partial charge in [0, 0.05) is 32.1 Å². The fourth-order valence-corrected chi connectivity index (χ4v) is 2.93. The van der Waals surface area contributed by atoms with Crippen LogP contribution in [0.1, 0.15) is 36.9 Å². The fourth-order valence-electron chi connectivity index (χ4n) is 2.93. The zero-order valence-electron chi connectivity index (χ0n) is 12.9. The van der Waals surface area contributed by atoms with Gasteiger partial charge in [0.25, 0.3) is 0 Å². The van der Waals surface area contributed by atoms with Crippen molar-refractivity contribution in [1.29, 1.82) is 0 Å². The molecule has 23 heavy (non-hydrogen) atoms. The average molecular weight is 330 g/mol. The highest BCUT2D eigenvalue weighted by molar-refractivity contribution is 5.75. The second kappa shape index (κ2) is 7.31. The topological polar surface area (TPSA) is 52.6 Å². The Bertz CT molecular complexity index is 548. The lowest BCUT2D eigenvalue weighted by atomic mass is 10.0. The van der Waals surface area contributed by atoms with E-state index in [9.17, 15) is 23.1 Å². The van der Waals surface area contributed by atoms with Gasteiger partial charge in [0.1, 0.15) is 0 Å². The quantitative estimate of drug-likeness (QED) is 0.871. The monoisotopic (exact) mass is 330 g/mol. The summed E-state index contributed by atoms with van der Waals surface area (Å²) in [5, 5.41) is 12.6. The number of aliphatic hydroxyl groups excluding tert-OH is 1. The van der Waals surface area contributed by atoms with Crippen LogP contribution in [0.25, 0.3) is 0 Å². The Morgan fingerprint density at radius 3 is 2.83 bits per heavy atom. The van der Waals surface area contributed by atoms with Crippen LogP contribution in [-0.4, -0.2) is 41.7 Å². The molecular weight excluding hydrogens is 309 g/mol. The van der Waals surface area contributed by atoms with Gasteiger partial charge in [-0.2, -0.15) is 13.2 Å². The molecule has 4 nitrogen and oxygen atoms in total. The number of rotatable bonds is 5. The summed E-state index contributed by atoms with van der Waals surface area (Å²) >= 11 is 0. The highest BCUT2D eigenvalue weighted by Crippen LogP contribution is 2.36. The first-order chi connectivity index (χ1) is 10.8. The molecule has 128 valence electrons. The lowest BCUT2D eigenvalue weighted by molar-refractivity contribution is -0.137. The fraction of sp³-hybridized carbons (Fsp3) is 0.562. The number of hydrogen-bond donors (Lipinski definition) is 2. The van der Waals surface area contributed by atoms with Crippen molar-refractivity contribution >= 4 is 5.91 Å². The maximum atomic E-state index is 12.9. The zero-order valence-corrected chi connectivity index (χ0v) is 12.9. The summed E-state index contributed by atoms with van der Waals surface area (Å²) < 4.78 is 38.6. The Labute approximate surface area is 133 Å². The molecular formula is C16H21F3N2O2. The van der Waals surface area contributed by atoms with Gasteiger partial charge < -0.3 is 10.4 Å². The normalized spacial score (nSPS) is 22.3. The van der Waals surface area contributed by atoms with Crippen LogP contribution in [0.4, 0.5) is 13.2 Å². The maximum absolute atomic E-state index is 12.9. The molecule has 7 heteroatoms. The first-order valence-electron chi connectivity index (χ1n) is 7.67. The van der Waals surface area contributed by atoms with E-state index in [0.717, 1.165) is 12.1 Å². The van der Waals surface area contributed by atoms with Crippen molar-refractivity contribution in [3.8, 4) is 0 Å². The Balaban J connectivity index is 2.11. The highest BCUT2D eigenvalue weighted by Gasteiger charge is 2.35. The second-order valence-electron chi connectivity index (χ2n) is 5.73. The number of nitrogens with zero attached hydrogens (tertiary/aromatic N) is 1. The Kier molecular flexibility index (Phi) is 5.64. The molecule has 1 fully saturated rings. The van der Waals surface area contributed by atoms with E-state index >= 15 is 0 Å². The van der Waals surface area contributed by atoms with Gasteiger partial charge in [-0.25, -0.2) is 0 Å². The molecule has 1 heterocycles. The zero-order chi connectivity index (χ0) is 17.0. The molecule has 1 saturated heterocycles. The number of carbonyl (C=O) groups excluding carboxylic acids is 1. The van der Waals surface area contributed by atoms with Crippen LogP contribution >= 0.6 is 0 Å². The van der Waals surface area contributed by atoms with Crippen LogP contribution in [0.2, 0.25) is 0 Å². The molecule has 0 spiro atoms. The van der Waals surface area contributed by atoms with Gasteiger partial charge in [-0.1, -0.05) is 12.1 Å². The predicted molar refractivity (Wildman–Crippen MR) is 79.7 cm³/mol. The van der Waals surface area contributed by atoms with Gasteiger partial charge in [0.05, 0.1) is 11.7 Å². The van der Waals surface area contributed by atoms with Gasteiger partial charge in [0.2, 0.25) is 5.91 Å². The molecule has 2 atom stereocenters. The van der Waals surface area contributed by atoms with Gasteiger partial charge in [0.15, 0.2) is 0 Å². The third-order valence-corrected chi connectivity index (χ3v) is 3.98. The van der Waals surface area contributed by atoms with E-state index in [0.29, 0.717) is 31.6 Å². The molecule has 2 rings (SSSR count). The number of hydrogen-bond acceptors (Lipinski definition) is 3. The minimum Gasteiger partial charge on any atom is -0.392 e. The number of nitrogens with one attached hydrogen (secondary N) is 1. The largest absolute Gasteiger partial charge is 0.416 e. The van der Waals surface area contributed by atoms with Crippen LogP contribution < -0.4 is 5.32 Å². The van der Waals surface area contributed by atoms with Crippen LogP contribution in [0.3, 0.4) is 0 Å². The maximum Gasteiger partial charge on any atom is 0.416 e. The Hall–Kier alpha value is -1.60. The number of carbonyl (C=O) groups is 1. The molecule has 0 unspecified atom stereocenters. The summed E-state index contributed by atoms with van der Waals surface area (Å²) in [6, 6.07) is 4.87. The minimum absolute atomic E-state index is 0.100. The number of alkyl halides is 3. The summed E-state index contributed by atoms with van der Waals surface area (Å²) in [6.07, 6.45) is -4.35. The molecule has 0 saturated carbocycles. The molecule has 0 aliphatic carbocycles. The molecule has 0 aromatic heterocycles. The van der Waals surface area contributed by atoms with E-state index < -0.39 is 17.8 Å². The summed E-state index contributed by atoms with van der Waals surface area (Å²) in [6.45, 7) is 3.13. The van der Waals surface area contributed by atoms with E-state index in [2.05, 4.69) is 5.32 Å². The van der Waals surface area contributed by atoms with Crippen molar-refractivity contribution in [1.82, 2.24) is 10.2 Å². The number of aliphatic hydroxyl groups is 1. The van der Waals surface area contributed by atoms with Crippen molar-refractivity contribution in [2.45, 2.75) is 38.1 Å². The lowest BCUT2D eigenvalue weighted by Crippen LogP contribution is -2.31. The first-order valence-corrected chi connectivity index (χ1v) is 7.67. The van der Waals surface area contributed by atoms with E-state index in [1.807, 2.05) is 11.8 Å². The van der Waals surface area contributed by atoms with Crippen molar-refractivity contribution in [3.05, 3.63) is 35.4 Å². The Morgan fingerprint density at radius 2 is 2.17 bits per heavy atom. The standard InChI is InChI=1S/C16H21F3N2O2/c1-2-20-15(23)6-7-21-10-13(22)9-14(21)11-4-3-5-12(8-11)16(17,18)19/h3-5,8,13-14,22H,2,6-7,9-10H2,1H3,(H,20,23)/t13-,14+/m0/s1. The van der Waals surface area contributed by atoms with Crippen molar-refractivity contribution in [2.24, 2.45) is 0 Å². The van der Waals surface area contributed by atoms with Crippen molar-refractivity contribution in [2.75, 3.05) is 19.6 Å². The van der Waals surface area contributed by atoms with Crippen LogP contribution in [0, 0.1) is 0 Å². The summed E-state index contributed by atoms with van der Waals surface area (Å²) in [5.74, 6) is -0.100. The van der Waals surface area contributed by atoms with E-state index in [4.69, 9.17) is 0 Å². The number of halogens is 3. The number of likely N-dealkylation sites (tertiary alicyclic amines) is 1. The highest BCUT2D eigenvalue weighted by atomic mass is 19.4. The molecule has 1 aromatic rings. The van der Waals surface area contributed by atoms with Crippen molar-refractivity contribution < 1.29 is 23.1 Å². The van der Waals surface area contributed by atoms with Gasteiger partial charge >= 0.3 is 6.18 Å². The molecule has 1 aliphatic heterocycles. The molecule has 1 amide bonds. The Morgan fingerprint density at radius 1 is 1.43 bits per heavy atom. The number of benzene rings is 1. The summed E-state index contributed by atoms with van der Waals surface area (Å²) in [4.78, 5) is 13.4. The van der Waals surface area contributed by atoms with Gasteiger partial charge in [-0.3, -0.25) is 9.69 Å². The number of β-amino-alcohol motifs (C(OH)–C–C–N with tert-alkyl or cyclic N) is 1. The molecule has 0 radical (unpaired) electrons. The predicted octanol–water partition coefficient (Wildman–Crippen LogP) is 2.34.